The second kappa shape index (κ2) is 2.74. The molecule has 0 saturated carbocycles. The Balaban J connectivity index is 2.63. The number of aromatic amines is 1. The topological polar surface area (TPSA) is 37.8 Å². The van der Waals surface area contributed by atoms with E-state index in [9.17, 15) is 4.79 Å². The maximum atomic E-state index is 11.3. The number of nitrogens with zero attached hydrogens (tertiary/aromatic N) is 1. The molecule has 1 N–H and O–H groups in total. The van der Waals surface area contributed by atoms with Crippen molar-refractivity contribution in [3.05, 3.63) is 34.0 Å². The largest absolute Gasteiger partial charge is 0.326 e. The van der Waals surface area contributed by atoms with Crippen LogP contribution in [0.25, 0.3) is 12.2 Å². The van der Waals surface area contributed by atoms with E-state index in [2.05, 4.69) is 31.0 Å². The van der Waals surface area contributed by atoms with Crippen LogP contribution in [-0.4, -0.2) is 9.55 Å². The molecule has 74 valence electrons. The molecule has 1 aromatic rings. The number of aromatic nitrogens is 2. The molecule has 0 spiro atoms. The zero-order chi connectivity index (χ0) is 10.3. The quantitative estimate of drug-likeness (QED) is 0.665. The van der Waals surface area contributed by atoms with E-state index < -0.39 is 0 Å². The fourth-order valence-electron chi connectivity index (χ4n) is 1.53. The lowest BCUT2D eigenvalue weighted by Crippen LogP contribution is -2.13. The molecule has 2 rings (SSSR count). The third-order valence-electron chi connectivity index (χ3n) is 2.53. The van der Waals surface area contributed by atoms with Crippen LogP contribution in [0.5, 0.6) is 0 Å². The molecule has 1 aliphatic rings. The molecular formula is C11H14N2O. The first-order valence-electron chi connectivity index (χ1n) is 4.67. The van der Waals surface area contributed by atoms with Crippen LogP contribution in [0.1, 0.15) is 25.2 Å². The molecular weight excluding hydrogens is 176 g/mol. The summed E-state index contributed by atoms with van der Waals surface area (Å²) in [7, 11) is 1.77. The highest BCUT2D eigenvalue weighted by Crippen LogP contribution is 2.25. The van der Waals surface area contributed by atoms with Crippen molar-refractivity contribution in [1.29, 1.82) is 0 Å². The predicted octanol–water partition coefficient (Wildman–Crippen LogP) is 1.78. The van der Waals surface area contributed by atoms with Gasteiger partial charge in [-0.3, -0.25) is 4.57 Å². The SMILES string of the molecule is Cn1c2c([nH]c1=O)C=CC(C)(C)C=C2. The van der Waals surface area contributed by atoms with Crippen molar-refractivity contribution >= 4 is 12.2 Å². The highest BCUT2D eigenvalue weighted by atomic mass is 16.1. The molecule has 3 nitrogen and oxygen atoms in total. The Hall–Kier alpha value is -1.51. The number of rotatable bonds is 0. The molecule has 0 bridgehead atoms. The van der Waals surface area contributed by atoms with Crippen molar-refractivity contribution in [2.45, 2.75) is 13.8 Å². The van der Waals surface area contributed by atoms with E-state index in [1.54, 1.807) is 11.6 Å². The molecule has 1 aliphatic carbocycles. The van der Waals surface area contributed by atoms with Crippen molar-refractivity contribution in [3.8, 4) is 0 Å². The summed E-state index contributed by atoms with van der Waals surface area (Å²) >= 11 is 0. The number of H-pyrrole nitrogens is 1. The fraction of sp³-hybridized carbons (Fsp3) is 0.364. The maximum absolute atomic E-state index is 11.3. The standard InChI is InChI=1S/C11H14N2O/c1-11(2)6-4-8-9(5-7-11)13(3)10(14)12-8/h4-7H,1-3H3,(H,12,14). The number of fused-ring (bicyclic) bond motifs is 1. The normalized spacial score (nSPS) is 17.9. The maximum Gasteiger partial charge on any atom is 0.326 e. The number of imidazole rings is 1. The Morgan fingerprint density at radius 3 is 2.64 bits per heavy atom. The van der Waals surface area contributed by atoms with Crippen molar-refractivity contribution in [2.75, 3.05) is 0 Å². The van der Waals surface area contributed by atoms with Crippen molar-refractivity contribution < 1.29 is 0 Å². The van der Waals surface area contributed by atoms with E-state index in [1.807, 2.05) is 12.2 Å². The number of hydrogen-bond donors (Lipinski definition) is 1. The summed E-state index contributed by atoms with van der Waals surface area (Å²) < 4.78 is 1.62. The fourth-order valence-corrected chi connectivity index (χ4v) is 1.53. The first-order chi connectivity index (χ1) is 6.49. The average Bonchev–Trinajstić information content (AvgIpc) is 2.27. The Labute approximate surface area is 82.8 Å². The number of nitrogens with one attached hydrogen (secondary N) is 1. The van der Waals surface area contributed by atoms with Crippen LogP contribution in [0.4, 0.5) is 0 Å². The zero-order valence-electron chi connectivity index (χ0n) is 8.66. The van der Waals surface area contributed by atoms with Crippen LogP contribution in [0.3, 0.4) is 0 Å². The third-order valence-corrected chi connectivity index (χ3v) is 2.53. The van der Waals surface area contributed by atoms with Gasteiger partial charge in [0.15, 0.2) is 0 Å². The van der Waals surface area contributed by atoms with Gasteiger partial charge in [0, 0.05) is 12.5 Å². The minimum Gasteiger partial charge on any atom is -0.306 e. The molecule has 0 aromatic carbocycles. The second-order valence-corrected chi connectivity index (χ2v) is 4.28. The Bertz CT molecular complexity index is 472. The third kappa shape index (κ3) is 1.35. The molecule has 0 unspecified atom stereocenters. The summed E-state index contributed by atoms with van der Waals surface area (Å²) in [5.74, 6) is 0. The molecule has 0 amide bonds. The average molecular weight is 190 g/mol. The molecule has 0 fully saturated rings. The first-order valence-corrected chi connectivity index (χ1v) is 4.67. The van der Waals surface area contributed by atoms with Gasteiger partial charge in [-0.25, -0.2) is 4.79 Å². The lowest BCUT2D eigenvalue weighted by molar-refractivity contribution is 0.633. The zero-order valence-corrected chi connectivity index (χ0v) is 8.66. The van der Waals surface area contributed by atoms with Gasteiger partial charge >= 0.3 is 5.69 Å². The van der Waals surface area contributed by atoms with Gasteiger partial charge in [-0.1, -0.05) is 26.0 Å². The van der Waals surface area contributed by atoms with Gasteiger partial charge in [-0.2, -0.15) is 0 Å². The Kier molecular flexibility index (Phi) is 1.77. The van der Waals surface area contributed by atoms with Gasteiger partial charge in [0.25, 0.3) is 0 Å². The van der Waals surface area contributed by atoms with Gasteiger partial charge in [0.2, 0.25) is 0 Å². The van der Waals surface area contributed by atoms with E-state index in [1.165, 1.54) is 0 Å². The van der Waals surface area contributed by atoms with Crippen LogP contribution >= 0.6 is 0 Å². The molecule has 1 aromatic heterocycles. The lowest BCUT2D eigenvalue weighted by Gasteiger charge is -2.12. The van der Waals surface area contributed by atoms with E-state index >= 15 is 0 Å². The number of allylic oxidation sites excluding steroid dienone is 2. The minimum atomic E-state index is -0.0657. The van der Waals surface area contributed by atoms with Crippen LogP contribution in [0.15, 0.2) is 16.9 Å². The monoisotopic (exact) mass is 190 g/mol. The molecule has 0 radical (unpaired) electrons. The molecule has 1 heterocycles. The van der Waals surface area contributed by atoms with Crippen molar-refractivity contribution in [2.24, 2.45) is 12.5 Å². The van der Waals surface area contributed by atoms with Crippen molar-refractivity contribution in [3.63, 3.8) is 0 Å². The molecule has 14 heavy (non-hydrogen) atoms. The summed E-state index contributed by atoms with van der Waals surface area (Å²) in [4.78, 5) is 14.1. The molecule has 0 atom stereocenters. The summed E-state index contributed by atoms with van der Waals surface area (Å²) in [5.41, 5.74) is 1.82. The van der Waals surface area contributed by atoms with E-state index in [-0.39, 0.29) is 11.1 Å². The van der Waals surface area contributed by atoms with Gasteiger partial charge < -0.3 is 4.98 Å². The summed E-state index contributed by atoms with van der Waals surface area (Å²) in [6.07, 6.45) is 8.15. The Morgan fingerprint density at radius 2 is 1.93 bits per heavy atom. The first kappa shape index (κ1) is 9.06. The smallest absolute Gasteiger partial charge is 0.306 e. The van der Waals surface area contributed by atoms with Crippen molar-refractivity contribution in [1.82, 2.24) is 9.55 Å². The van der Waals surface area contributed by atoms with Gasteiger partial charge in [0.1, 0.15) is 0 Å². The number of hydrogen-bond acceptors (Lipinski definition) is 1. The van der Waals surface area contributed by atoms with Gasteiger partial charge in [0.05, 0.1) is 11.4 Å². The van der Waals surface area contributed by atoms with E-state index in [4.69, 9.17) is 0 Å². The van der Waals surface area contributed by atoms with Crippen LogP contribution in [-0.2, 0) is 7.05 Å². The Morgan fingerprint density at radius 1 is 1.29 bits per heavy atom. The summed E-state index contributed by atoms with van der Waals surface area (Å²) in [6, 6.07) is 0. The lowest BCUT2D eigenvalue weighted by atomic mass is 9.93. The molecule has 0 aliphatic heterocycles. The van der Waals surface area contributed by atoms with Gasteiger partial charge in [-0.15, -0.1) is 0 Å². The highest BCUT2D eigenvalue weighted by Gasteiger charge is 2.15. The summed E-state index contributed by atoms with van der Waals surface area (Å²) in [6.45, 7) is 4.26. The minimum absolute atomic E-state index is 0.0515. The molecule has 0 saturated heterocycles. The highest BCUT2D eigenvalue weighted by molar-refractivity contribution is 5.63. The van der Waals surface area contributed by atoms with E-state index in [0.717, 1.165) is 11.4 Å². The van der Waals surface area contributed by atoms with Crippen LogP contribution < -0.4 is 5.69 Å². The van der Waals surface area contributed by atoms with E-state index in [0.29, 0.717) is 0 Å². The van der Waals surface area contributed by atoms with Crippen LogP contribution in [0.2, 0.25) is 0 Å². The second-order valence-electron chi connectivity index (χ2n) is 4.28. The van der Waals surface area contributed by atoms with Gasteiger partial charge in [-0.05, 0) is 12.2 Å². The molecule has 3 heteroatoms. The summed E-state index contributed by atoms with van der Waals surface area (Å²) in [5, 5.41) is 0. The predicted molar refractivity (Wildman–Crippen MR) is 57.9 cm³/mol. The van der Waals surface area contributed by atoms with Crippen LogP contribution in [0, 0.1) is 5.41 Å².